The van der Waals surface area contributed by atoms with Crippen molar-refractivity contribution in [1.29, 1.82) is 0 Å². The van der Waals surface area contributed by atoms with E-state index in [0.29, 0.717) is 0 Å². The van der Waals surface area contributed by atoms with Crippen LogP contribution in [0.5, 0.6) is 11.5 Å². The van der Waals surface area contributed by atoms with Gasteiger partial charge >= 0.3 is 11.9 Å². The number of halogens is 1. The molecule has 1 aliphatic rings. The zero-order chi connectivity index (χ0) is 28.2. The Morgan fingerprint density at radius 3 is 2.11 bits per heavy atom. The van der Waals surface area contributed by atoms with Gasteiger partial charge in [0.05, 0.1) is 20.3 Å². The third-order valence-electron chi connectivity index (χ3n) is 6.52. The van der Waals surface area contributed by atoms with Crippen molar-refractivity contribution in [2.45, 2.75) is 39.2 Å². The Kier molecular flexibility index (Phi) is 12.0. The SMILES string of the molecule is COc1ccc(OC)c(CCN2CCC(C(=O)N[C@@H](c3ccc(F)cc3)C(C)C)CC2)c1.O=C(O)C(=O)O. The molecule has 10 heteroatoms. The smallest absolute Gasteiger partial charge is 0.414 e. The first-order valence-electron chi connectivity index (χ1n) is 12.5. The fourth-order valence-electron chi connectivity index (χ4n) is 4.35. The van der Waals surface area contributed by atoms with E-state index in [4.69, 9.17) is 29.3 Å². The van der Waals surface area contributed by atoms with Gasteiger partial charge in [0.1, 0.15) is 17.3 Å². The summed E-state index contributed by atoms with van der Waals surface area (Å²) in [6, 6.07) is 12.2. The molecule has 9 nitrogen and oxygen atoms in total. The molecule has 0 radical (unpaired) electrons. The molecule has 1 atom stereocenters. The predicted octanol–water partition coefficient (Wildman–Crippen LogP) is 3.77. The highest BCUT2D eigenvalue weighted by molar-refractivity contribution is 6.27. The van der Waals surface area contributed by atoms with Gasteiger partial charge in [0.15, 0.2) is 0 Å². The molecular weight excluding hydrogens is 495 g/mol. The quantitative estimate of drug-likeness (QED) is 0.417. The van der Waals surface area contributed by atoms with E-state index < -0.39 is 11.9 Å². The van der Waals surface area contributed by atoms with Gasteiger partial charge in [-0.05, 0) is 79.7 Å². The van der Waals surface area contributed by atoms with Crippen LogP contribution < -0.4 is 14.8 Å². The zero-order valence-corrected chi connectivity index (χ0v) is 22.3. The van der Waals surface area contributed by atoms with Crippen LogP contribution in [0.25, 0.3) is 0 Å². The van der Waals surface area contributed by atoms with Crippen LogP contribution in [0, 0.1) is 17.7 Å². The number of carboxylic acids is 2. The summed E-state index contributed by atoms with van der Waals surface area (Å²) in [6.07, 6.45) is 2.56. The maximum atomic E-state index is 13.3. The summed E-state index contributed by atoms with van der Waals surface area (Å²) in [5.41, 5.74) is 2.07. The van der Waals surface area contributed by atoms with Gasteiger partial charge in [-0.1, -0.05) is 26.0 Å². The molecule has 1 saturated heterocycles. The van der Waals surface area contributed by atoms with E-state index in [1.807, 2.05) is 18.2 Å². The lowest BCUT2D eigenvalue weighted by atomic mass is 9.92. The topological polar surface area (TPSA) is 125 Å². The average molecular weight is 533 g/mol. The molecule has 208 valence electrons. The molecule has 1 amide bonds. The summed E-state index contributed by atoms with van der Waals surface area (Å²) >= 11 is 0. The van der Waals surface area contributed by atoms with Crippen LogP contribution in [0.3, 0.4) is 0 Å². The maximum absolute atomic E-state index is 13.3. The number of carbonyl (C=O) groups is 3. The molecule has 0 aliphatic carbocycles. The number of piperidine rings is 1. The van der Waals surface area contributed by atoms with Crippen LogP contribution >= 0.6 is 0 Å². The summed E-state index contributed by atoms with van der Waals surface area (Å²) in [5.74, 6) is -1.87. The lowest BCUT2D eigenvalue weighted by molar-refractivity contribution is -0.159. The summed E-state index contributed by atoms with van der Waals surface area (Å²) in [7, 11) is 3.35. The standard InChI is InChI=1S/C26H35FN2O3.C2H2O4/c1-18(2)25(19-5-7-22(27)8-6-19)28-26(30)20-11-14-29(15-12-20)16-13-21-17-23(31-3)9-10-24(21)32-4;3-1(4)2(5)6/h5-10,17-18,20,25H,11-16H2,1-4H3,(H,28,30);(H,3,4)(H,5,6)/t25-;/m1./s1. The van der Waals surface area contributed by atoms with Gasteiger partial charge in [0.25, 0.3) is 0 Å². The largest absolute Gasteiger partial charge is 0.497 e. The first-order valence-corrected chi connectivity index (χ1v) is 12.5. The molecule has 1 fully saturated rings. The molecule has 1 heterocycles. The molecule has 0 saturated carbocycles. The number of nitrogens with one attached hydrogen (secondary N) is 1. The van der Waals surface area contributed by atoms with Crippen molar-refractivity contribution in [3.8, 4) is 11.5 Å². The highest BCUT2D eigenvalue weighted by Gasteiger charge is 2.28. The van der Waals surface area contributed by atoms with Crippen molar-refractivity contribution in [1.82, 2.24) is 10.2 Å². The van der Waals surface area contributed by atoms with Gasteiger partial charge in [-0.2, -0.15) is 0 Å². The Bertz CT molecular complexity index is 1060. The molecule has 0 spiro atoms. The van der Waals surface area contributed by atoms with Gasteiger partial charge in [-0.15, -0.1) is 0 Å². The molecule has 0 bridgehead atoms. The fraction of sp³-hybridized carbons (Fsp3) is 0.464. The molecule has 2 aromatic carbocycles. The summed E-state index contributed by atoms with van der Waals surface area (Å²) < 4.78 is 24.1. The monoisotopic (exact) mass is 532 g/mol. The normalized spacial score (nSPS) is 14.7. The van der Waals surface area contributed by atoms with Crippen molar-refractivity contribution in [2.75, 3.05) is 33.9 Å². The number of ether oxygens (including phenoxy) is 2. The number of rotatable bonds is 9. The Labute approximate surface area is 222 Å². The van der Waals surface area contributed by atoms with Crippen LogP contribution in [-0.4, -0.2) is 66.8 Å². The lowest BCUT2D eigenvalue weighted by Crippen LogP contribution is -2.43. The number of hydrogen-bond acceptors (Lipinski definition) is 6. The molecule has 0 aromatic heterocycles. The minimum Gasteiger partial charge on any atom is -0.497 e. The third kappa shape index (κ3) is 9.33. The second-order valence-electron chi connectivity index (χ2n) is 9.44. The van der Waals surface area contributed by atoms with E-state index in [2.05, 4.69) is 24.1 Å². The second kappa shape index (κ2) is 14.9. The molecule has 2 aromatic rings. The number of carboxylic acid groups (broad SMARTS) is 2. The molecule has 3 N–H and O–H groups in total. The number of hydrogen-bond donors (Lipinski definition) is 3. The first kappa shape index (κ1) is 30.6. The fourth-order valence-corrected chi connectivity index (χ4v) is 4.35. The second-order valence-corrected chi connectivity index (χ2v) is 9.44. The zero-order valence-electron chi connectivity index (χ0n) is 22.3. The molecule has 3 rings (SSSR count). The number of carbonyl (C=O) groups excluding carboxylic acids is 1. The minimum atomic E-state index is -1.82. The Morgan fingerprint density at radius 1 is 1.00 bits per heavy atom. The van der Waals surface area contributed by atoms with Crippen LogP contribution in [0.4, 0.5) is 4.39 Å². The van der Waals surface area contributed by atoms with E-state index >= 15 is 0 Å². The highest BCUT2D eigenvalue weighted by Crippen LogP contribution is 2.27. The average Bonchev–Trinajstić information content (AvgIpc) is 2.91. The lowest BCUT2D eigenvalue weighted by Gasteiger charge is -2.33. The van der Waals surface area contributed by atoms with Crippen molar-refractivity contribution in [2.24, 2.45) is 11.8 Å². The first-order chi connectivity index (χ1) is 18.0. The Balaban J connectivity index is 0.000000757. The summed E-state index contributed by atoms with van der Waals surface area (Å²) in [4.78, 5) is 33.6. The number of likely N-dealkylation sites (tertiary alicyclic amines) is 1. The number of nitrogens with zero attached hydrogens (tertiary/aromatic N) is 1. The van der Waals surface area contributed by atoms with E-state index in [1.54, 1.807) is 26.4 Å². The minimum absolute atomic E-state index is 0.0132. The van der Waals surface area contributed by atoms with E-state index in [9.17, 15) is 9.18 Å². The summed E-state index contributed by atoms with van der Waals surface area (Å²) in [6.45, 7) is 6.86. The maximum Gasteiger partial charge on any atom is 0.414 e. The third-order valence-corrected chi connectivity index (χ3v) is 6.52. The number of methoxy groups -OCH3 is 2. The molecule has 0 unspecified atom stereocenters. The predicted molar refractivity (Wildman–Crippen MR) is 140 cm³/mol. The highest BCUT2D eigenvalue weighted by atomic mass is 19.1. The van der Waals surface area contributed by atoms with Crippen LogP contribution in [0.1, 0.15) is 43.9 Å². The molecule has 38 heavy (non-hydrogen) atoms. The van der Waals surface area contributed by atoms with Crippen molar-refractivity contribution in [3.05, 3.63) is 59.4 Å². The van der Waals surface area contributed by atoms with Gasteiger partial charge in [-0.25, -0.2) is 14.0 Å². The van der Waals surface area contributed by atoms with E-state index in [-0.39, 0.29) is 29.6 Å². The van der Waals surface area contributed by atoms with Crippen LogP contribution in [-0.2, 0) is 20.8 Å². The van der Waals surface area contributed by atoms with E-state index in [1.165, 1.54) is 12.1 Å². The van der Waals surface area contributed by atoms with Crippen LogP contribution in [0.15, 0.2) is 42.5 Å². The van der Waals surface area contributed by atoms with Crippen molar-refractivity contribution < 1.29 is 38.5 Å². The number of aliphatic carboxylic acids is 2. The van der Waals surface area contributed by atoms with E-state index in [0.717, 1.165) is 61.5 Å². The van der Waals surface area contributed by atoms with Gasteiger partial charge in [-0.3, -0.25) is 4.79 Å². The van der Waals surface area contributed by atoms with Crippen molar-refractivity contribution >= 4 is 17.8 Å². The molecular formula is C28H37FN2O7. The Hall–Kier alpha value is -3.66. The van der Waals surface area contributed by atoms with Gasteiger partial charge < -0.3 is 29.9 Å². The van der Waals surface area contributed by atoms with Crippen LogP contribution in [0.2, 0.25) is 0 Å². The Morgan fingerprint density at radius 2 is 1.61 bits per heavy atom. The summed E-state index contributed by atoms with van der Waals surface area (Å²) in [5, 5.41) is 18.0. The number of amides is 1. The van der Waals surface area contributed by atoms with Gasteiger partial charge in [0.2, 0.25) is 5.91 Å². The molecule has 1 aliphatic heterocycles. The van der Waals surface area contributed by atoms with Gasteiger partial charge in [0, 0.05) is 12.5 Å². The van der Waals surface area contributed by atoms with Crippen molar-refractivity contribution in [3.63, 3.8) is 0 Å². The number of benzene rings is 2.